The lowest BCUT2D eigenvalue weighted by atomic mass is 10.0. The van der Waals surface area contributed by atoms with E-state index in [-0.39, 0.29) is 5.82 Å². The van der Waals surface area contributed by atoms with E-state index < -0.39 is 5.60 Å². The minimum atomic E-state index is -1.46. The van der Waals surface area contributed by atoms with Gasteiger partial charge in [-0.1, -0.05) is 24.0 Å². The average Bonchev–Trinajstić information content (AvgIpc) is 2.73. The molecule has 3 aromatic heterocycles. The molecule has 29 heavy (non-hydrogen) atoms. The Hall–Kier alpha value is -3.89. The van der Waals surface area contributed by atoms with Crippen molar-refractivity contribution in [1.29, 1.82) is 0 Å². The van der Waals surface area contributed by atoms with Gasteiger partial charge in [-0.05, 0) is 44.2 Å². The van der Waals surface area contributed by atoms with Crippen LogP contribution >= 0.6 is 0 Å². The van der Waals surface area contributed by atoms with Crippen LogP contribution in [0.1, 0.15) is 24.1 Å². The second-order valence-electron chi connectivity index (χ2n) is 6.70. The first kappa shape index (κ1) is 18.5. The standard InChI is InChI=1S/C22H18N6O/c1-14-26-18-8-7-17(28-19(18)20(23)27-14)16-6-3-5-15(13-16)9-10-22(2,29)21-24-11-4-12-25-21/h3-8,11-13,29H,1-2H3,(H2,23,26,27)/t22-/m1/s1. The normalized spacial score (nSPS) is 12.8. The van der Waals surface area contributed by atoms with Crippen LogP contribution in [0.3, 0.4) is 0 Å². The van der Waals surface area contributed by atoms with Crippen LogP contribution in [0.4, 0.5) is 5.82 Å². The summed E-state index contributed by atoms with van der Waals surface area (Å²) in [5.41, 5.74) is 8.15. The summed E-state index contributed by atoms with van der Waals surface area (Å²) in [6.45, 7) is 3.36. The number of nitrogens with two attached hydrogens (primary N) is 1. The molecule has 0 unspecified atom stereocenters. The zero-order valence-electron chi connectivity index (χ0n) is 16.0. The van der Waals surface area contributed by atoms with Crippen molar-refractivity contribution in [2.24, 2.45) is 0 Å². The van der Waals surface area contributed by atoms with Crippen molar-refractivity contribution >= 4 is 16.9 Å². The van der Waals surface area contributed by atoms with E-state index in [4.69, 9.17) is 5.73 Å². The van der Waals surface area contributed by atoms with Gasteiger partial charge in [-0.3, -0.25) is 0 Å². The number of aliphatic hydroxyl groups is 1. The van der Waals surface area contributed by atoms with Crippen LogP contribution in [0.2, 0.25) is 0 Å². The summed E-state index contributed by atoms with van der Waals surface area (Å²) in [6, 6.07) is 13.0. The number of hydrogen-bond acceptors (Lipinski definition) is 7. The third-order valence-electron chi connectivity index (χ3n) is 4.29. The molecular weight excluding hydrogens is 364 g/mol. The summed E-state index contributed by atoms with van der Waals surface area (Å²) in [5, 5.41) is 10.6. The van der Waals surface area contributed by atoms with Crippen molar-refractivity contribution < 1.29 is 5.11 Å². The predicted molar refractivity (Wildman–Crippen MR) is 110 cm³/mol. The maximum Gasteiger partial charge on any atom is 0.182 e. The van der Waals surface area contributed by atoms with Crippen LogP contribution in [0, 0.1) is 18.8 Å². The summed E-state index contributed by atoms with van der Waals surface area (Å²) in [5.74, 6) is 7.04. The third-order valence-corrected chi connectivity index (χ3v) is 4.29. The highest BCUT2D eigenvalue weighted by Crippen LogP contribution is 2.23. The van der Waals surface area contributed by atoms with Gasteiger partial charge in [-0.15, -0.1) is 0 Å². The van der Waals surface area contributed by atoms with Crippen LogP contribution in [-0.2, 0) is 5.60 Å². The minimum Gasteiger partial charge on any atom is -0.382 e. The number of aromatic nitrogens is 5. The maximum absolute atomic E-state index is 10.6. The Morgan fingerprint density at radius 3 is 2.59 bits per heavy atom. The highest BCUT2D eigenvalue weighted by Gasteiger charge is 2.23. The first-order chi connectivity index (χ1) is 13.9. The fourth-order valence-corrected chi connectivity index (χ4v) is 2.87. The van der Waals surface area contributed by atoms with Gasteiger partial charge in [0.05, 0.1) is 11.2 Å². The number of aryl methyl sites for hydroxylation is 1. The molecule has 0 spiro atoms. The monoisotopic (exact) mass is 382 g/mol. The second kappa shape index (κ2) is 7.26. The molecule has 0 aliphatic heterocycles. The molecule has 0 bridgehead atoms. The predicted octanol–water partition coefficient (Wildman–Crippen LogP) is 2.63. The number of fused-ring (bicyclic) bond motifs is 1. The van der Waals surface area contributed by atoms with E-state index in [9.17, 15) is 5.11 Å². The number of benzene rings is 1. The Morgan fingerprint density at radius 1 is 1.00 bits per heavy atom. The zero-order chi connectivity index (χ0) is 20.4. The van der Waals surface area contributed by atoms with Gasteiger partial charge in [-0.25, -0.2) is 24.9 Å². The first-order valence-electron chi connectivity index (χ1n) is 8.97. The number of anilines is 1. The van der Waals surface area contributed by atoms with Crippen molar-refractivity contribution in [1.82, 2.24) is 24.9 Å². The molecule has 0 saturated heterocycles. The highest BCUT2D eigenvalue weighted by molar-refractivity contribution is 5.86. The van der Waals surface area contributed by atoms with Crippen LogP contribution in [0.25, 0.3) is 22.3 Å². The molecular formula is C22H18N6O. The van der Waals surface area contributed by atoms with Gasteiger partial charge in [0.1, 0.15) is 11.3 Å². The van der Waals surface area contributed by atoms with Gasteiger partial charge in [0.25, 0.3) is 0 Å². The lowest BCUT2D eigenvalue weighted by Crippen LogP contribution is -2.21. The Morgan fingerprint density at radius 2 is 1.79 bits per heavy atom. The average molecular weight is 382 g/mol. The van der Waals surface area contributed by atoms with E-state index in [0.29, 0.717) is 22.7 Å². The van der Waals surface area contributed by atoms with E-state index in [2.05, 4.69) is 36.8 Å². The summed E-state index contributed by atoms with van der Waals surface area (Å²) in [6.07, 6.45) is 3.14. The number of pyridine rings is 1. The fourth-order valence-electron chi connectivity index (χ4n) is 2.87. The molecule has 1 aromatic carbocycles. The summed E-state index contributed by atoms with van der Waals surface area (Å²) in [7, 11) is 0. The van der Waals surface area contributed by atoms with Crippen LogP contribution in [0.5, 0.6) is 0 Å². The molecule has 7 heteroatoms. The summed E-state index contributed by atoms with van der Waals surface area (Å²) >= 11 is 0. The van der Waals surface area contributed by atoms with Crippen molar-refractivity contribution in [3.8, 4) is 23.1 Å². The largest absolute Gasteiger partial charge is 0.382 e. The topological polar surface area (TPSA) is 111 Å². The van der Waals surface area contributed by atoms with Crippen LogP contribution in [0.15, 0.2) is 54.9 Å². The van der Waals surface area contributed by atoms with Crippen molar-refractivity contribution in [3.05, 3.63) is 72.1 Å². The molecule has 4 aromatic rings. The van der Waals surface area contributed by atoms with Gasteiger partial charge in [0.15, 0.2) is 17.2 Å². The Kier molecular flexibility index (Phi) is 4.63. The van der Waals surface area contributed by atoms with Gasteiger partial charge in [0.2, 0.25) is 0 Å². The molecule has 0 amide bonds. The fraction of sp³-hybridized carbons (Fsp3) is 0.136. The Labute approximate surface area is 167 Å². The summed E-state index contributed by atoms with van der Waals surface area (Å²) in [4.78, 5) is 21.3. The zero-order valence-corrected chi connectivity index (χ0v) is 16.0. The van der Waals surface area contributed by atoms with E-state index in [0.717, 1.165) is 16.8 Å². The molecule has 0 radical (unpaired) electrons. The van der Waals surface area contributed by atoms with Gasteiger partial charge < -0.3 is 10.8 Å². The lowest BCUT2D eigenvalue weighted by molar-refractivity contribution is 0.112. The van der Waals surface area contributed by atoms with Crippen molar-refractivity contribution in [2.45, 2.75) is 19.4 Å². The van der Waals surface area contributed by atoms with Gasteiger partial charge >= 0.3 is 0 Å². The number of rotatable bonds is 2. The Bertz CT molecular complexity index is 1260. The molecule has 0 saturated carbocycles. The quantitative estimate of drug-likeness (QED) is 0.513. The molecule has 1 atom stereocenters. The second-order valence-corrected chi connectivity index (χ2v) is 6.70. The van der Waals surface area contributed by atoms with Crippen LogP contribution in [-0.4, -0.2) is 30.0 Å². The smallest absolute Gasteiger partial charge is 0.182 e. The highest BCUT2D eigenvalue weighted by atomic mass is 16.3. The van der Waals surface area contributed by atoms with Crippen molar-refractivity contribution in [3.63, 3.8) is 0 Å². The Balaban J connectivity index is 1.69. The molecule has 3 heterocycles. The summed E-state index contributed by atoms with van der Waals surface area (Å²) < 4.78 is 0. The maximum atomic E-state index is 10.6. The number of nitrogens with zero attached hydrogens (tertiary/aromatic N) is 5. The molecule has 3 N–H and O–H groups in total. The van der Waals surface area contributed by atoms with E-state index in [1.165, 1.54) is 0 Å². The van der Waals surface area contributed by atoms with Gasteiger partial charge in [-0.2, -0.15) is 0 Å². The third kappa shape index (κ3) is 3.88. The van der Waals surface area contributed by atoms with Gasteiger partial charge in [0, 0.05) is 23.5 Å². The lowest BCUT2D eigenvalue weighted by Gasteiger charge is -2.13. The molecule has 0 fully saturated rings. The van der Waals surface area contributed by atoms with Crippen LogP contribution < -0.4 is 5.73 Å². The first-order valence-corrected chi connectivity index (χ1v) is 8.97. The molecule has 0 aliphatic rings. The molecule has 4 rings (SSSR count). The van der Waals surface area contributed by atoms with Crippen molar-refractivity contribution in [2.75, 3.05) is 5.73 Å². The number of hydrogen-bond donors (Lipinski definition) is 2. The molecule has 7 nitrogen and oxygen atoms in total. The molecule has 0 aliphatic carbocycles. The van der Waals surface area contributed by atoms with E-state index >= 15 is 0 Å². The molecule has 142 valence electrons. The van der Waals surface area contributed by atoms with E-state index in [1.54, 1.807) is 32.3 Å². The SMILES string of the molecule is Cc1nc(N)c2nc(-c3cccc(C#C[C@@](C)(O)c4ncccn4)c3)ccc2n1. The van der Waals surface area contributed by atoms with E-state index in [1.807, 2.05) is 36.4 Å². The number of nitrogen functional groups attached to an aromatic ring is 1. The minimum absolute atomic E-state index is 0.255.